The van der Waals surface area contributed by atoms with Gasteiger partial charge in [-0.25, -0.2) is 4.79 Å². The molecule has 0 bridgehead atoms. The van der Waals surface area contributed by atoms with Gasteiger partial charge < -0.3 is 10.3 Å². The highest BCUT2D eigenvalue weighted by atomic mass is 16.2. The molecule has 0 aliphatic heterocycles. The van der Waals surface area contributed by atoms with Crippen LogP contribution in [0.1, 0.15) is 47.7 Å². The van der Waals surface area contributed by atoms with Crippen molar-refractivity contribution in [2.24, 2.45) is 0 Å². The van der Waals surface area contributed by atoms with Crippen LogP contribution in [0.25, 0.3) is 0 Å². The van der Waals surface area contributed by atoms with E-state index in [1.807, 2.05) is 12.1 Å². The number of H-pyrrole nitrogens is 2. The predicted molar refractivity (Wildman–Crippen MR) is 91.0 cm³/mol. The Morgan fingerprint density at radius 2 is 2.04 bits per heavy atom. The molecule has 2 aromatic rings. The van der Waals surface area contributed by atoms with Crippen LogP contribution in [0.2, 0.25) is 0 Å². The summed E-state index contributed by atoms with van der Waals surface area (Å²) in [6.45, 7) is 1.67. The van der Waals surface area contributed by atoms with Crippen LogP contribution in [-0.2, 0) is 17.6 Å². The van der Waals surface area contributed by atoms with Gasteiger partial charge in [-0.2, -0.15) is 0 Å². The van der Waals surface area contributed by atoms with Crippen molar-refractivity contribution in [2.75, 3.05) is 0 Å². The van der Waals surface area contributed by atoms with E-state index in [4.69, 9.17) is 0 Å². The molecule has 0 spiro atoms. The summed E-state index contributed by atoms with van der Waals surface area (Å²) in [6, 6.07) is 8.23. The molecule has 0 radical (unpaired) electrons. The molecule has 1 atom stereocenters. The van der Waals surface area contributed by atoms with Gasteiger partial charge in [0.05, 0.1) is 6.04 Å². The second kappa shape index (κ2) is 6.86. The molecule has 1 aromatic carbocycles. The molecule has 1 aliphatic rings. The number of carbonyl (C=O) groups excluding carboxylic acids is 1. The van der Waals surface area contributed by atoms with E-state index in [2.05, 4.69) is 27.4 Å². The van der Waals surface area contributed by atoms with Crippen LogP contribution in [0.4, 0.5) is 0 Å². The fraction of sp³-hybridized carbons (Fsp3) is 0.389. The summed E-state index contributed by atoms with van der Waals surface area (Å²) in [6.07, 6.45) is 3.56. The van der Waals surface area contributed by atoms with E-state index >= 15 is 0 Å². The van der Waals surface area contributed by atoms with Gasteiger partial charge in [-0.3, -0.25) is 14.6 Å². The maximum atomic E-state index is 12.3. The number of hydrogen-bond donors (Lipinski definition) is 3. The van der Waals surface area contributed by atoms with Crippen molar-refractivity contribution >= 4 is 5.91 Å². The van der Waals surface area contributed by atoms with Gasteiger partial charge >= 0.3 is 5.69 Å². The zero-order valence-electron chi connectivity index (χ0n) is 13.6. The highest BCUT2D eigenvalue weighted by molar-refractivity contribution is 5.76. The maximum Gasteiger partial charge on any atom is 0.325 e. The average Bonchev–Trinajstić information content (AvgIpc) is 2.54. The zero-order valence-corrected chi connectivity index (χ0v) is 13.6. The number of aromatic nitrogens is 2. The fourth-order valence-corrected chi connectivity index (χ4v) is 3.34. The number of aromatic amines is 2. The minimum absolute atomic E-state index is 0.0393. The summed E-state index contributed by atoms with van der Waals surface area (Å²) >= 11 is 0. The second-order valence-corrected chi connectivity index (χ2v) is 6.22. The first-order valence-corrected chi connectivity index (χ1v) is 8.24. The minimum Gasteiger partial charge on any atom is -0.349 e. The molecule has 24 heavy (non-hydrogen) atoms. The quantitative estimate of drug-likeness (QED) is 0.794. The van der Waals surface area contributed by atoms with Crippen LogP contribution >= 0.6 is 0 Å². The van der Waals surface area contributed by atoms with Gasteiger partial charge in [-0.05, 0) is 43.7 Å². The molecule has 1 amide bonds. The molecule has 1 heterocycles. The van der Waals surface area contributed by atoms with E-state index in [0.717, 1.165) is 19.3 Å². The molecule has 3 N–H and O–H groups in total. The van der Waals surface area contributed by atoms with E-state index in [1.54, 1.807) is 6.92 Å². The van der Waals surface area contributed by atoms with Gasteiger partial charge in [0.2, 0.25) is 5.91 Å². The van der Waals surface area contributed by atoms with Gasteiger partial charge in [0.1, 0.15) is 0 Å². The standard InChI is InChI=1S/C18H21N3O3/c1-11-13(17(23)21-18(24)19-11)9-10-16(22)20-15-8-4-6-12-5-2-3-7-14(12)15/h2-3,5,7,15H,4,6,8-10H2,1H3,(H,20,22)(H2,19,21,23,24). The molecule has 6 nitrogen and oxygen atoms in total. The SMILES string of the molecule is Cc1[nH]c(=O)[nH]c(=O)c1CCC(=O)NC1CCCc2ccccc21. The summed E-state index contributed by atoms with van der Waals surface area (Å²) < 4.78 is 0. The number of benzene rings is 1. The lowest BCUT2D eigenvalue weighted by Crippen LogP contribution is -2.32. The second-order valence-electron chi connectivity index (χ2n) is 6.22. The van der Waals surface area contributed by atoms with E-state index in [-0.39, 0.29) is 18.4 Å². The van der Waals surface area contributed by atoms with Gasteiger partial charge in [0.25, 0.3) is 5.56 Å². The molecule has 3 rings (SSSR count). The van der Waals surface area contributed by atoms with Crippen molar-refractivity contribution in [3.05, 3.63) is 67.5 Å². The summed E-state index contributed by atoms with van der Waals surface area (Å²) in [4.78, 5) is 40.1. The largest absolute Gasteiger partial charge is 0.349 e. The number of aryl methyl sites for hydroxylation is 2. The number of carbonyl (C=O) groups is 1. The van der Waals surface area contributed by atoms with Crippen molar-refractivity contribution in [3.63, 3.8) is 0 Å². The third kappa shape index (κ3) is 3.48. The lowest BCUT2D eigenvalue weighted by molar-refractivity contribution is -0.121. The Bertz CT molecular complexity index is 866. The number of nitrogens with one attached hydrogen (secondary N) is 3. The van der Waals surface area contributed by atoms with Crippen LogP contribution in [0.3, 0.4) is 0 Å². The van der Waals surface area contributed by atoms with Gasteiger partial charge in [-0.1, -0.05) is 24.3 Å². The van der Waals surface area contributed by atoms with Crippen LogP contribution in [0, 0.1) is 6.92 Å². The Morgan fingerprint density at radius 1 is 1.25 bits per heavy atom. The molecule has 126 valence electrons. The Kier molecular flexibility index (Phi) is 4.64. The third-order valence-corrected chi connectivity index (χ3v) is 4.56. The normalized spacial score (nSPS) is 16.5. The first kappa shape index (κ1) is 16.2. The first-order valence-electron chi connectivity index (χ1n) is 8.24. The average molecular weight is 327 g/mol. The summed E-state index contributed by atoms with van der Waals surface area (Å²) in [5.41, 5.74) is 2.50. The molecule has 0 saturated heterocycles. The highest BCUT2D eigenvalue weighted by Gasteiger charge is 2.21. The molecule has 0 saturated carbocycles. The molecular weight excluding hydrogens is 306 g/mol. The lowest BCUT2D eigenvalue weighted by Gasteiger charge is -2.26. The van der Waals surface area contributed by atoms with Crippen LogP contribution < -0.4 is 16.6 Å². The summed E-state index contributed by atoms with van der Waals surface area (Å²) in [5.74, 6) is -0.0818. The number of amides is 1. The van der Waals surface area contributed by atoms with E-state index in [0.29, 0.717) is 17.7 Å². The minimum atomic E-state index is -0.524. The van der Waals surface area contributed by atoms with Crippen molar-refractivity contribution in [1.82, 2.24) is 15.3 Å². The third-order valence-electron chi connectivity index (χ3n) is 4.56. The van der Waals surface area contributed by atoms with Crippen LogP contribution in [0.5, 0.6) is 0 Å². The van der Waals surface area contributed by atoms with E-state index in [9.17, 15) is 14.4 Å². The predicted octanol–water partition coefficient (Wildman–Crippen LogP) is 1.50. The smallest absolute Gasteiger partial charge is 0.325 e. The van der Waals surface area contributed by atoms with Crippen molar-refractivity contribution in [2.45, 2.75) is 45.1 Å². The summed E-state index contributed by atoms with van der Waals surface area (Å²) in [7, 11) is 0. The molecule has 6 heteroatoms. The van der Waals surface area contributed by atoms with Gasteiger partial charge in [0.15, 0.2) is 0 Å². The number of fused-ring (bicyclic) bond motifs is 1. The lowest BCUT2D eigenvalue weighted by atomic mass is 9.87. The van der Waals surface area contributed by atoms with Crippen molar-refractivity contribution < 1.29 is 4.79 Å². The van der Waals surface area contributed by atoms with Gasteiger partial charge in [0, 0.05) is 17.7 Å². The fourth-order valence-electron chi connectivity index (χ4n) is 3.34. The van der Waals surface area contributed by atoms with Crippen molar-refractivity contribution in [3.8, 4) is 0 Å². The monoisotopic (exact) mass is 327 g/mol. The Hall–Kier alpha value is -2.63. The molecule has 0 fully saturated rings. The maximum absolute atomic E-state index is 12.3. The zero-order chi connectivity index (χ0) is 17.1. The first-order chi connectivity index (χ1) is 11.5. The molecule has 1 aromatic heterocycles. The van der Waals surface area contributed by atoms with Crippen LogP contribution in [-0.4, -0.2) is 15.9 Å². The Labute approximate surface area is 139 Å². The Morgan fingerprint density at radius 3 is 2.83 bits per heavy atom. The molecule has 1 unspecified atom stereocenters. The number of hydrogen-bond acceptors (Lipinski definition) is 3. The van der Waals surface area contributed by atoms with Gasteiger partial charge in [-0.15, -0.1) is 0 Å². The molecular formula is C18H21N3O3. The summed E-state index contributed by atoms with van der Waals surface area (Å²) in [5, 5.41) is 3.07. The van der Waals surface area contributed by atoms with E-state index < -0.39 is 11.2 Å². The molecule has 1 aliphatic carbocycles. The highest BCUT2D eigenvalue weighted by Crippen LogP contribution is 2.29. The number of rotatable bonds is 4. The topological polar surface area (TPSA) is 94.8 Å². The van der Waals surface area contributed by atoms with E-state index in [1.165, 1.54) is 11.1 Å². The van der Waals surface area contributed by atoms with Crippen molar-refractivity contribution in [1.29, 1.82) is 0 Å². The Balaban J connectivity index is 1.65. The van der Waals surface area contributed by atoms with Crippen LogP contribution in [0.15, 0.2) is 33.9 Å².